The summed E-state index contributed by atoms with van der Waals surface area (Å²) in [6.07, 6.45) is 71.4. The molecule has 0 aliphatic carbocycles. The summed E-state index contributed by atoms with van der Waals surface area (Å²) >= 11 is 0. The van der Waals surface area contributed by atoms with E-state index in [4.69, 9.17) is 4.74 Å². The van der Waals surface area contributed by atoms with Crippen LogP contribution in [0, 0.1) is 0 Å². The number of esters is 1. The fourth-order valence-electron chi connectivity index (χ4n) is 9.24. The van der Waals surface area contributed by atoms with Crippen molar-refractivity contribution in [1.29, 1.82) is 0 Å². The number of amides is 1. The van der Waals surface area contributed by atoms with Gasteiger partial charge in [0.2, 0.25) is 5.91 Å². The van der Waals surface area contributed by atoms with E-state index in [1.807, 2.05) is 0 Å². The topological polar surface area (TPSA) is 95.9 Å². The summed E-state index contributed by atoms with van der Waals surface area (Å²) in [6.45, 7) is 4.88. The number of carbonyl (C=O) groups is 2. The van der Waals surface area contributed by atoms with Crippen molar-refractivity contribution in [1.82, 2.24) is 5.32 Å². The van der Waals surface area contributed by atoms with Crippen LogP contribution in [0.4, 0.5) is 0 Å². The van der Waals surface area contributed by atoms with Crippen LogP contribution in [-0.4, -0.2) is 47.4 Å². The molecule has 0 spiro atoms. The molecule has 0 heterocycles. The molecule has 6 heteroatoms. The summed E-state index contributed by atoms with van der Waals surface area (Å²) in [5.74, 6) is -0.0898. The summed E-state index contributed by atoms with van der Waals surface area (Å²) in [5, 5.41) is 23.3. The summed E-state index contributed by atoms with van der Waals surface area (Å²) in [5.41, 5.74) is 0. The van der Waals surface area contributed by atoms with Gasteiger partial charge in [-0.3, -0.25) is 9.59 Å². The van der Waals surface area contributed by atoms with Crippen LogP contribution in [0.3, 0.4) is 0 Å². The first-order valence-electron chi connectivity index (χ1n) is 30.2. The molecule has 3 N–H and O–H groups in total. The van der Waals surface area contributed by atoms with Gasteiger partial charge in [-0.15, -0.1) is 0 Å². The minimum Gasteiger partial charge on any atom is -0.466 e. The molecule has 0 aromatic rings. The van der Waals surface area contributed by atoms with Crippen molar-refractivity contribution >= 4 is 11.9 Å². The van der Waals surface area contributed by atoms with Crippen LogP contribution in [0.2, 0.25) is 0 Å². The predicted octanol–water partition coefficient (Wildman–Crippen LogP) is 18.8. The Morgan fingerprint density at radius 3 is 1.19 bits per heavy atom. The normalized spacial score (nSPS) is 12.8. The van der Waals surface area contributed by atoms with E-state index in [2.05, 4.69) is 55.6 Å². The maximum atomic E-state index is 12.5. The highest BCUT2D eigenvalue weighted by molar-refractivity contribution is 5.76. The van der Waals surface area contributed by atoms with Crippen molar-refractivity contribution in [2.24, 2.45) is 0 Å². The maximum absolute atomic E-state index is 12.5. The van der Waals surface area contributed by atoms with Gasteiger partial charge in [0.15, 0.2) is 0 Å². The molecule has 6 nitrogen and oxygen atoms in total. The molecule has 0 fully saturated rings. The molecule has 2 unspecified atom stereocenters. The molecule has 0 aromatic carbocycles. The van der Waals surface area contributed by atoms with E-state index in [1.54, 1.807) is 0 Å². The van der Waals surface area contributed by atoms with Gasteiger partial charge in [-0.25, -0.2) is 0 Å². The molecule has 0 radical (unpaired) electrons. The fraction of sp³-hybridized carbons (Fsp3) is 0.871. The molecular formula is C62H117NO5. The smallest absolute Gasteiger partial charge is 0.305 e. The maximum Gasteiger partial charge on any atom is 0.305 e. The molecule has 0 aromatic heterocycles. The summed E-state index contributed by atoms with van der Waals surface area (Å²) in [7, 11) is 0. The highest BCUT2D eigenvalue weighted by Gasteiger charge is 2.20. The van der Waals surface area contributed by atoms with Gasteiger partial charge in [0.1, 0.15) is 0 Å². The van der Waals surface area contributed by atoms with E-state index in [9.17, 15) is 19.8 Å². The molecule has 0 saturated heterocycles. The van der Waals surface area contributed by atoms with Gasteiger partial charge >= 0.3 is 5.97 Å². The molecule has 68 heavy (non-hydrogen) atoms. The number of carbonyl (C=O) groups excluding carboxylic acids is 2. The van der Waals surface area contributed by atoms with Crippen molar-refractivity contribution < 1.29 is 24.5 Å². The Morgan fingerprint density at radius 1 is 0.412 bits per heavy atom. The number of aliphatic hydroxyl groups is 2. The van der Waals surface area contributed by atoms with E-state index >= 15 is 0 Å². The average molecular weight is 957 g/mol. The van der Waals surface area contributed by atoms with Crippen LogP contribution in [0.25, 0.3) is 0 Å². The van der Waals surface area contributed by atoms with Crippen LogP contribution < -0.4 is 5.32 Å². The predicted molar refractivity (Wildman–Crippen MR) is 296 cm³/mol. The first-order chi connectivity index (χ1) is 33.5. The van der Waals surface area contributed by atoms with Gasteiger partial charge in [-0.1, -0.05) is 269 Å². The standard InChI is InChI=1S/C62H117NO5/c1-3-5-7-9-11-13-15-17-19-20-21-22-23-24-25-26-27-28-30-34-38-42-46-50-54-60(65)59(58-64)63-61(66)55-51-47-43-39-35-31-29-33-37-41-45-49-53-57-68-62(67)56-52-48-44-40-36-32-18-16-14-12-10-8-6-4-2/h10,12,16,18,31,35,59-60,64-65H,3-9,11,13-15,17,19-30,32-34,36-58H2,1-2H3,(H,63,66)/b12-10-,18-16-,35-31-. The SMILES string of the molecule is CCCC/C=C\C/C=C\CCCCCCCC(=O)OCCCCCCCC/C=C\CCCCCC(=O)NC(CO)C(O)CCCCCCCCCCCCCCCCCCCCCCCCCC. The third-order valence-electron chi connectivity index (χ3n) is 13.9. The van der Waals surface area contributed by atoms with Gasteiger partial charge in [0.05, 0.1) is 25.4 Å². The minimum absolute atomic E-state index is 0.0267. The van der Waals surface area contributed by atoms with Crippen LogP contribution in [-0.2, 0) is 14.3 Å². The molecule has 0 bridgehead atoms. The quantitative estimate of drug-likeness (QED) is 0.0321. The Balaban J connectivity index is 3.49. The minimum atomic E-state index is -0.684. The Kier molecular flexibility index (Phi) is 56.0. The van der Waals surface area contributed by atoms with Gasteiger partial charge in [-0.2, -0.15) is 0 Å². The zero-order valence-corrected chi connectivity index (χ0v) is 45.6. The fourth-order valence-corrected chi connectivity index (χ4v) is 9.24. The van der Waals surface area contributed by atoms with Gasteiger partial charge in [0.25, 0.3) is 0 Å². The lowest BCUT2D eigenvalue weighted by molar-refractivity contribution is -0.143. The lowest BCUT2D eigenvalue weighted by Gasteiger charge is -2.22. The van der Waals surface area contributed by atoms with Crippen molar-refractivity contribution in [3.8, 4) is 0 Å². The lowest BCUT2D eigenvalue weighted by Crippen LogP contribution is -2.45. The first kappa shape index (κ1) is 66.1. The number of rotatable bonds is 56. The number of aliphatic hydroxyl groups excluding tert-OH is 2. The average Bonchev–Trinajstić information content (AvgIpc) is 3.34. The van der Waals surface area contributed by atoms with Gasteiger partial charge in [-0.05, 0) is 77.0 Å². The molecule has 0 aliphatic rings. The number of hydrogen-bond donors (Lipinski definition) is 3. The molecule has 400 valence electrons. The number of unbranched alkanes of at least 4 members (excludes halogenated alkanes) is 39. The Hall–Kier alpha value is -1.92. The largest absolute Gasteiger partial charge is 0.466 e. The van der Waals surface area contributed by atoms with E-state index < -0.39 is 12.1 Å². The zero-order valence-electron chi connectivity index (χ0n) is 45.6. The van der Waals surface area contributed by atoms with E-state index in [1.165, 1.54) is 205 Å². The van der Waals surface area contributed by atoms with Crippen molar-refractivity contribution in [2.75, 3.05) is 13.2 Å². The van der Waals surface area contributed by atoms with Crippen LogP contribution in [0.5, 0.6) is 0 Å². The Morgan fingerprint density at radius 2 is 0.750 bits per heavy atom. The van der Waals surface area contributed by atoms with E-state index in [0.29, 0.717) is 25.9 Å². The number of ether oxygens (including phenoxy) is 1. The van der Waals surface area contributed by atoms with Gasteiger partial charge in [0, 0.05) is 12.8 Å². The van der Waals surface area contributed by atoms with Gasteiger partial charge < -0.3 is 20.3 Å². The third kappa shape index (κ3) is 53.4. The Bertz CT molecular complexity index is 1100. The van der Waals surface area contributed by atoms with Crippen LogP contribution in [0.15, 0.2) is 36.5 Å². The van der Waals surface area contributed by atoms with Crippen molar-refractivity contribution in [2.45, 2.75) is 334 Å². The lowest BCUT2D eigenvalue weighted by atomic mass is 10.0. The summed E-state index contributed by atoms with van der Waals surface area (Å²) in [4.78, 5) is 24.5. The molecule has 1 amide bonds. The molecule has 2 atom stereocenters. The second-order valence-corrected chi connectivity index (χ2v) is 20.7. The Labute approximate surface area is 424 Å². The zero-order chi connectivity index (χ0) is 49.3. The second kappa shape index (κ2) is 57.7. The van der Waals surface area contributed by atoms with Crippen LogP contribution >= 0.6 is 0 Å². The molecule has 0 aliphatic heterocycles. The van der Waals surface area contributed by atoms with Crippen molar-refractivity contribution in [3.05, 3.63) is 36.5 Å². The number of allylic oxidation sites excluding steroid dienone is 6. The molecule has 0 rings (SSSR count). The van der Waals surface area contributed by atoms with Crippen LogP contribution in [0.1, 0.15) is 322 Å². The molecular weight excluding hydrogens is 839 g/mol. The highest BCUT2D eigenvalue weighted by atomic mass is 16.5. The number of nitrogens with one attached hydrogen (secondary N) is 1. The van der Waals surface area contributed by atoms with E-state index in [-0.39, 0.29) is 18.5 Å². The monoisotopic (exact) mass is 956 g/mol. The third-order valence-corrected chi connectivity index (χ3v) is 13.9. The first-order valence-corrected chi connectivity index (χ1v) is 30.2. The van der Waals surface area contributed by atoms with Crippen molar-refractivity contribution in [3.63, 3.8) is 0 Å². The highest BCUT2D eigenvalue weighted by Crippen LogP contribution is 2.17. The van der Waals surface area contributed by atoms with E-state index in [0.717, 1.165) is 83.5 Å². The number of hydrogen-bond acceptors (Lipinski definition) is 5. The second-order valence-electron chi connectivity index (χ2n) is 20.7. The molecule has 0 saturated carbocycles. The summed E-state index contributed by atoms with van der Waals surface area (Å²) in [6, 6.07) is -0.564. The summed E-state index contributed by atoms with van der Waals surface area (Å²) < 4.78 is 5.45.